The molecule has 2 aliphatic carbocycles. The van der Waals surface area contributed by atoms with E-state index in [9.17, 15) is 0 Å². The Balaban J connectivity index is 0.00000218. The molecule has 14 aromatic rings. The first-order chi connectivity index (χ1) is 34.8. The van der Waals surface area contributed by atoms with Gasteiger partial charge in [-0.25, -0.2) is 0 Å². The summed E-state index contributed by atoms with van der Waals surface area (Å²) in [5, 5.41) is 31.8. The molecule has 2 N–H and O–H groups in total. The van der Waals surface area contributed by atoms with Crippen molar-refractivity contribution in [1.82, 2.24) is 4.98 Å². The zero-order valence-electron chi connectivity index (χ0n) is 39.1. The van der Waals surface area contributed by atoms with Crippen molar-refractivity contribution in [3.63, 3.8) is 0 Å². The second kappa shape index (κ2) is 14.7. The van der Waals surface area contributed by atoms with E-state index in [1.807, 2.05) is 26.1 Å². The topological polar surface area (TPSA) is 39.6 Å². The number of aryl methyl sites for hydroxylation is 1. The molecule has 0 unspecified atom stereocenters. The highest BCUT2D eigenvalue weighted by atomic mass is 14.7. The van der Waals surface area contributed by atoms with Crippen molar-refractivity contribution < 1.29 is 0 Å². The Bertz CT molecular complexity index is 4530. The van der Waals surface area contributed by atoms with Gasteiger partial charge in [0.25, 0.3) is 0 Å². The largest absolute Gasteiger partial charge is 0.361 e. The van der Waals surface area contributed by atoms with E-state index in [1.165, 1.54) is 170 Å². The summed E-state index contributed by atoms with van der Waals surface area (Å²) in [7, 11) is 0. The number of rotatable bonds is 6. The first-order valence-corrected chi connectivity index (χ1v) is 25.0. The molecule has 0 atom stereocenters. The van der Waals surface area contributed by atoms with Crippen LogP contribution >= 0.6 is 0 Å². The number of nitrogens with one attached hydrogen (secondary N) is 2. The second-order valence-corrected chi connectivity index (χ2v) is 19.2. The van der Waals surface area contributed by atoms with E-state index in [4.69, 9.17) is 5.41 Å². The Labute approximate surface area is 405 Å². The molecule has 70 heavy (non-hydrogen) atoms. The molecule has 0 spiro atoms. The molecule has 0 saturated carbocycles. The maximum Gasteiger partial charge on any atom is 0.0460 e. The highest BCUT2D eigenvalue weighted by Gasteiger charge is 2.32. The molecule has 2 aliphatic rings. The molecule has 0 aliphatic heterocycles. The van der Waals surface area contributed by atoms with Crippen LogP contribution in [0.2, 0.25) is 0 Å². The zero-order valence-corrected chi connectivity index (χ0v) is 39.1. The number of aromatic nitrogens is 1. The summed E-state index contributed by atoms with van der Waals surface area (Å²) in [4.78, 5) is 3.53. The first kappa shape index (κ1) is 39.4. The van der Waals surface area contributed by atoms with Gasteiger partial charge in [-0.3, -0.25) is 0 Å². The molecule has 2 nitrogen and oxygen atoms in total. The van der Waals surface area contributed by atoms with Crippen LogP contribution in [0.1, 0.15) is 37.0 Å². The summed E-state index contributed by atoms with van der Waals surface area (Å²) >= 11 is 0. The molecule has 16 rings (SSSR count). The maximum atomic E-state index is 7.69. The van der Waals surface area contributed by atoms with E-state index in [-0.39, 0.29) is 0 Å². The fraction of sp³-hybridized carbons (Fsp3) is 0.0735. The van der Waals surface area contributed by atoms with Crippen LogP contribution in [-0.2, 0) is 12.8 Å². The van der Waals surface area contributed by atoms with Crippen molar-refractivity contribution in [3.8, 4) is 55.8 Å². The predicted octanol–water partition coefficient (Wildman–Crippen LogP) is 19.1. The summed E-state index contributed by atoms with van der Waals surface area (Å²) in [5.74, 6) is 0. The molecule has 1 aromatic heterocycles. The lowest BCUT2D eigenvalue weighted by Crippen LogP contribution is -1.92. The molecule has 0 radical (unpaired) electrons. The van der Waals surface area contributed by atoms with E-state index < -0.39 is 0 Å². The Hall–Kier alpha value is -8.59. The minimum atomic E-state index is 0.764. The van der Waals surface area contributed by atoms with Crippen LogP contribution in [0.15, 0.2) is 182 Å². The van der Waals surface area contributed by atoms with E-state index in [0.717, 1.165) is 25.0 Å². The van der Waals surface area contributed by atoms with Crippen LogP contribution in [0.25, 0.3) is 159 Å². The minimum Gasteiger partial charge on any atom is -0.361 e. The van der Waals surface area contributed by atoms with E-state index in [2.05, 4.69) is 181 Å². The first-order valence-electron chi connectivity index (χ1n) is 25.0. The third-order valence-electron chi connectivity index (χ3n) is 16.1. The minimum absolute atomic E-state index is 0.764. The smallest absolute Gasteiger partial charge is 0.0460 e. The fourth-order valence-electron chi connectivity index (χ4n) is 13.6. The average Bonchev–Trinajstić information content (AvgIpc) is 4.24. The van der Waals surface area contributed by atoms with Gasteiger partial charge in [0.1, 0.15) is 0 Å². The summed E-state index contributed by atoms with van der Waals surface area (Å²) in [6.45, 7) is 4.00. The van der Waals surface area contributed by atoms with Gasteiger partial charge in [-0.1, -0.05) is 172 Å². The molecule has 0 saturated heterocycles. The van der Waals surface area contributed by atoms with Crippen LogP contribution in [0.5, 0.6) is 0 Å². The Morgan fingerprint density at radius 1 is 0.457 bits per heavy atom. The highest BCUT2D eigenvalue weighted by molar-refractivity contribution is 6.48. The lowest BCUT2D eigenvalue weighted by molar-refractivity contribution is 1.00. The van der Waals surface area contributed by atoms with Gasteiger partial charge >= 0.3 is 0 Å². The van der Waals surface area contributed by atoms with Crippen molar-refractivity contribution >= 4 is 109 Å². The molecular weight excluding hydrogens is 845 g/mol. The summed E-state index contributed by atoms with van der Waals surface area (Å²) in [6.07, 6.45) is 15.0. The molecule has 0 fully saturated rings. The van der Waals surface area contributed by atoms with Crippen LogP contribution < -0.4 is 0 Å². The quantitative estimate of drug-likeness (QED) is 0.0949. The SMILES string of the molecule is CC.N=C/C=C\Cc1ccc(-c2ccc[nH]2)c2c1-c1ccc3c4ccc5c6c(-c7ccccc7)c7cc8c9c(c%10cccc(c7c(-c7ccccc7)c6c6ccc(c7ccc-2c1c37)c4c56)c%108)C=CCC9. The van der Waals surface area contributed by atoms with Gasteiger partial charge in [-0.2, -0.15) is 0 Å². The van der Waals surface area contributed by atoms with Gasteiger partial charge in [-0.15, -0.1) is 0 Å². The molecule has 13 aromatic carbocycles. The average molecular weight is 891 g/mol. The fourth-order valence-corrected chi connectivity index (χ4v) is 13.6. The van der Waals surface area contributed by atoms with Gasteiger partial charge in [0.2, 0.25) is 0 Å². The van der Waals surface area contributed by atoms with Crippen LogP contribution in [0.4, 0.5) is 0 Å². The monoisotopic (exact) mass is 890 g/mol. The van der Waals surface area contributed by atoms with Crippen molar-refractivity contribution in [1.29, 1.82) is 5.41 Å². The molecule has 328 valence electrons. The van der Waals surface area contributed by atoms with Gasteiger partial charge in [0.15, 0.2) is 0 Å². The van der Waals surface area contributed by atoms with Gasteiger partial charge in [0, 0.05) is 23.7 Å². The predicted molar refractivity (Wildman–Crippen MR) is 303 cm³/mol. The number of H-pyrrole nitrogens is 1. The van der Waals surface area contributed by atoms with Crippen molar-refractivity contribution in [2.75, 3.05) is 0 Å². The summed E-state index contributed by atoms with van der Waals surface area (Å²) in [5.41, 5.74) is 16.9. The molecular formula is C68H46N2. The van der Waals surface area contributed by atoms with Gasteiger partial charge in [0.05, 0.1) is 0 Å². The Kier molecular flexibility index (Phi) is 8.28. The van der Waals surface area contributed by atoms with Crippen molar-refractivity contribution in [3.05, 3.63) is 199 Å². The molecule has 0 amide bonds. The van der Waals surface area contributed by atoms with Crippen molar-refractivity contribution in [2.45, 2.75) is 33.1 Å². The zero-order chi connectivity index (χ0) is 46.4. The molecule has 2 heteroatoms. The number of hydrogen-bond acceptors (Lipinski definition) is 1. The van der Waals surface area contributed by atoms with E-state index in [0.29, 0.717) is 0 Å². The van der Waals surface area contributed by atoms with Crippen LogP contribution in [-0.4, -0.2) is 11.2 Å². The van der Waals surface area contributed by atoms with Crippen LogP contribution in [0, 0.1) is 5.41 Å². The number of aromatic amines is 1. The summed E-state index contributed by atoms with van der Waals surface area (Å²) < 4.78 is 0. The third-order valence-corrected chi connectivity index (χ3v) is 16.1. The maximum absolute atomic E-state index is 7.69. The van der Waals surface area contributed by atoms with Crippen molar-refractivity contribution in [2.24, 2.45) is 0 Å². The third kappa shape index (κ3) is 5.00. The summed E-state index contributed by atoms with van der Waals surface area (Å²) in [6, 6.07) is 60.4. The van der Waals surface area contributed by atoms with E-state index in [1.54, 1.807) is 0 Å². The highest BCUT2D eigenvalue weighted by Crippen LogP contribution is 2.59. The Morgan fingerprint density at radius 2 is 1.06 bits per heavy atom. The number of benzene rings is 11. The lowest BCUT2D eigenvalue weighted by Gasteiger charge is -2.19. The Morgan fingerprint density at radius 3 is 1.76 bits per heavy atom. The van der Waals surface area contributed by atoms with E-state index >= 15 is 0 Å². The molecule has 1 heterocycles. The second-order valence-electron chi connectivity index (χ2n) is 19.2. The van der Waals surface area contributed by atoms with Crippen LogP contribution in [0.3, 0.4) is 0 Å². The standard InChI is InChI=1S/C66H40N2.C2H6/c67-33-10-9-17-38-23-24-46(54-22-12-34-68-54)61-49-30-26-43-45-28-32-51-63-50(31-27-44(60(45)63)42-25-29-48(55(38)61)62(49)59(42)43)65-56(36-13-3-1-4-14-36)53-35-52-40-19-8-7-18-39(40)41-20-11-21-47(58(41)52)64(53)57(66(51)65)37-15-5-2-6-16-37;1-2/h1-7,9-16,18,20-35,67-68H,8,17,19H2;1-2H3/b10-9-,67-33?;. The van der Waals surface area contributed by atoms with Gasteiger partial charge in [-0.05, 0) is 202 Å². The number of fused-ring (bicyclic) bond motifs is 13. The number of hydrogen-bond donors (Lipinski definition) is 2. The number of allylic oxidation sites excluding steroid dienone is 3. The van der Waals surface area contributed by atoms with Gasteiger partial charge < -0.3 is 10.4 Å². The normalized spacial score (nSPS) is 13.2. The molecule has 0 bridgehead atoms. The lowest BCUT2D eigenvalue weighted by atomic mass is 9.83.